The molecule has 0 fully saturated rings. The molecule has 0 saturated heterocycles. The molecular weight excluding hydrogens is 268 g/mol. The summed E-state index contributed by atoms with van der Waals surface area (Å²) < 4.78 is 0. The van der Waals surface area contributed by atoms with Crippen LogP contribution in [0.15, 0.2) is 0 Å². The van der Waals surface area contributed by atoms with Crippen LogP contribution < -0.4 is 11.1 Å². The fourth-order valence-electron chi connectivity index (χ4n) is 2.27. The van der Waals surface area contributed by atoms with E-state index in [1.54, 1.807) is 6.92 Å². The normalized spacial score (nSPS) is 13.7. The number of nitrogens with one attached hydrogen (secondary N) is 1. The van der Waals surface area contributed by atoms with Crippen LogP contribution in [0.1, 0.15) is 84.5 Å². The summed E-state index contributed by atoms with van der Waals surface area (Å²) in [6, 6.07) is 0. The molecule has 0 heterocycles. The molecular formula is C16H32N2O3. The Hall–Kier alpha value is -1.10. The number of unbranched alkanes of at least 4 members (excludes halogenated alkanes) is 7. The maximum absolute atomic E-state index is 11.5. The standard InChI is InChI=1S/C16H32N2O3/c1-3-4-5-6-7-8-9-10-13-16(2,21)18-15(20)12-11-14(17)19/h21H,3-13H2,1-2H3,(H2,17,19)(H,18,20). The van der Waals surface area contributed by atoms with E-state index in [9.17, 15) is 14.7 Å². The van der Waals surface area contributed by atoms with E-state index in [1.165, 1.54) is 38.5 Å². The number of carbonyl (C=O) groups excluding carboxylic acids is 2. The van der Waals surface area contributed by atoms with Gasteiger partial charge in [-0.2, -0.15) is 0 Å². The van der Waals surface area contributed by atoms with Gasteiger partial charge in [-0.1, -0.05) is 51.9 Å². The van der Waals surface area contributed by atoms with Crippen LogP contribution in [0.3, 0.4) is 0 Å². The largest absolute Gasteiger partial charge is 0.371 e. The molecule has 0 spiro atoms. The van der Waals surface area contributed by atoms with Gasteiger partial charge in [0.1, 0.15) is 5.72 Å². The van der Waals surface area contributed by atoms with Crippen LogP contribution in [0.2, 0.25) is 0 Å². The molecule has 124 valence electrons. The lowest BCUT2D eigenvalue weighted by atomic mass is 10.0. The number of aliphatic hydroxyl groups is 1. The smallest absolute Gasteiger partial charge is 0.222 e. The fourth-order valence-corrected chi connectivity index (χ4v) is 2.27. The van der Waals surface area contributed by atoms with E-state index >= 15 is 0 Å². The van der Waals surface area contributed by atoms with Gasteiger partial charge in [-0.05, 0) is 19.8 Å². The Balaban J connectivity index is 3.63. The quantitative estimate of drug-likeness (QED) is 0.360. The van der Waals surface area contributed by atoms with Crippen LogP contribution in [0.5, 0.6) is 0 Å². The second-order valence-corrected chi connectivity index (χ2v) is 6.01. The van der Waals surface area contributed by atoms with Crippen LogP contribution in [-0.2, 0) is 9.59 Å². The van der Waals surface area contributed by atoms with E-state index in [0.29, 0.717) is 6.42 Å². The van der Waals surface area contributed by atoms with Crippen molar-refractivity contribution in [2.24, 2.45) is 5.73 Å². The Morgan fingerprint density at radius 3 is 2.05 bits per heavy atom. The number of carbonyl (C=O) groups is 2. The summed E-state index contributed by atoms with van der Waals surface area (Å²) in [6.45, 7) is 3.80. The third kappa shape index (κ3) is 13.6. The summed E-state index contributed by atoms with van der Waals surface area (Å²) in [5, 5.41) is 12.6. The van der Waals surface area contributed by atoms with Gasteiger partial charge in [-0.25, -0.2) is 0 Å². The first kappa shape index (κ1) is 19.9. The lowest BCUT2D eigenvalue weighted by Gasteiger charge is -2.24. The lowest BCUT2D eigenvalue weighted by Crippen LogP contribution is -2.46. The van der Waals surface area contributed by atoms with Gasteiger partial charge in [-0.15, -0.1) is 0 Å². The van der Waals surface area contributed by atoms with Crippen LogP contribution in [-0.4, -0.2) is 22.6 Å². The van der Waals surface area contributed by atoms with Crippen molar-refractivity contribution in [2.75, 3.05) is 0 Å². The number of hydrogen-bond donors (Lipinski definition) is 3. The van der Waals surface area contributed by atoms with Crippen molar-refractivity contribution in [3.05, 3.63) is 0 Å². The monoisotopic (exact) mass is 300 g/mol. The summed E-state index contributed by atoms with van der Waals surface area (Å²) in [5.41, 5.74) is 3.78. The molecule has 0 bridgehead atoms. The molecule has 2 amide bonds. The van der Waals surface area contributed by atoms with Gasteiger partial charge >= 0.3 is 0 Å². The summed E-state index contributed by atoms with van der Waals surface area (Å²) >= 11 is 0. The molecule has 0 saturated carbocycles. The van der Waals surface area contributed by atoms with Crippen molar-refractivity contribution < 1.29 is 14.7 Å². The first-order chi connectivity index (χ1) is 9.87. The lowest BCUT2D eigenvalue weighted by molar-refractivity contribution is -0.130. The average Bonchev–Trinajstić information content (AvgIpc) is 2.39. The van der Waals surface area contributed by atoms with Crippen molar-refractivity contribution in [2.45, 2.75) is 90.2 Å². The van der Waals surface area contributed by atoms with Crippen molar-refractivity contribution >= 4 is 11.8 Å². The Kier molecular flexibility index (Phi) is 10.9. The van der Waals surface area contributed by atoms with Gasteiger partial charge in [0.25, 0.3) is 0 Å². The van der Waals surface area contributed by atoms with Gasteiger partial charge in [-0.3, -0.25) is 9.59 Å². The van der Waals surface area contributed by atoms with Crippen LogP contribution in [0, 0.1) is 0 Å². The maximum Gasteiger partial charge on any atom is 0.222 e. The zero-order valence-corrected chi connectivity index (χ0v) is 13.6. The minimum Gasteiger partial charge on any atom is -0.371 e. The van der Waals surface area contributed by atoms with E-state index in [0.717, 1.165) is 12.8 Å². The summed E-state index contributed by atoms with van der Waals surface area (Å²) in [5.74, 6) is -0.841. The number of amides is 2. The SMILES string of the molecule is CCCCCCCCCCC(C)(O)NC(=O)CCC(N)=O. The molecule has 0 rings (SSSR count). The van der Waals surface area contributed by atoms with Crippen molar-refractivity contribution in [3.63, 3.8) is 0 Å². The minimum absolute atomic E-state index is 0.0136. The van der Waals surface area contributed by atoms with E-state index < -0.39 is 11.6 Å². The zero-order valence-electron chi connectivity index (χ0n) is 13.6. The Morgan fingerprint density at radius 1 is 1.00 bits per heavy atom. The Morgan fingerprint density at radius 2 is 1.52 bits per heavy atom. The third-order valence-corrected chi connectivity index (χ3v) is 3.52. The molecule has 21 heavy (non-hydrogen) atoms. The third-order valence-electron chi connectivity index (χ3n) is 3.52. The minimum atomic E-state index is -1.20. The molecule has 0 aliphatic carbocycles. The molecule has 0 aliphatic heterocycles. The highest BCUT2D eigenvalue weighted by molar-refractivity contribution is 5.83. The van der Waals surface area contributed by atoms with Gasteiger partial charge < -0.3 is 16.2 Å². The molecule has 0 aliphatic rings. The van der Waals surface area contributed by atoms with E-state index in [1.807, 2.05) is 0 Å². The molecule has 5 nitrogen and oxygen atoms in total. The number of hydrogen-bond acceptors (Lipinski definition) is 3. The molecule has 0 aromatic rings. The molecule has 1 atom stereocenters. The van der Waals surface area contributed by atoms with Gasteiger partial charge in [0.15, 0.2) is 0 Å². The van der Waals surface area contributed by atoms with E-state index in [-0.39, 0.29) is 18.7 Å². The molecule has 0 aromatic carbocycles. The molecule has 1 unspecified atom stereocenters. The zero-order chi connectivity index (χ0) is 16.1. The summed E-state index contributed by atoms with van der Waals surface area (Å²) in [7, 11) is 0. The van der Waals surface area contributed by atoms with Crippen molar-refractivity contribution in [1.82, 2.24) is 5.32 Å². The first-order valence-electron chi connectivity index (χ1n) is 8.19. The molecule has 5 heteroatoms. The number of nitrogens with two attached hydrogens (primary N) is 1. The van der Waals surface area contributed by atoms with Crippen molar-refractivity contribution in [1.29, 1.82) is 0 Å². The maximum atomic E-state index is 11.5. The van der Waals surface area contributed by atoms with Gasteiger partial charge in [0.2, 0.25) is 11.8 Å². The Labute approximate surface area is 128 Å². The summed E-state index contributed by atoms with van der Waals surface area (Å²) in [4.78, 5) is 22.1. The Bertz CT molecular complexity index is 304. The summed E-state index contributed by atoms with van der Waals surface area (Å²) in [6.07, 6.45) is 10.1. The van der Waals surface area contributed by atoms with Gasteiger partial charge in [0.05, 0.1) is 0 Å². The second-order valence-electron chi connectivity index (χ2n) is 6.01. The molecule has 4 N–H and O–H groups in total. The molecule has 0 aromatic heterocycles. The fraction of sp³-hybridized carbons (Fsp3) is 0.875. The van der Waals surface area contributed by atoms with Crippen LogP contribution in [0.25, 0.3) is 0 Å². The van der Waals surface area contributed by atoms with Crippen molar-refractivity contribution in [3.8, 4) is 0 Å². The predicted octanol–water partition coefficient (Wildman–Crippen LogP) is 2.61. The number of rotatable bonds is 13. The highest BCUT2D eigenvalue weighted by Crippen LogP contribution is 2.14. The second kappa shape index (κ2) is 11.5. The van der Waals surface area contributed by atoms with E-state index in [4.69, 9.17) is 5.73 Å². The average molecular weight is 300 g/mol. The highest BCUT2D eigenvalue weighted by atomic mass is 16.3. The number of primary amides is 1. The predicted molar refractivity (Wildman–Crippen MR) is 84.4 cm³/mol. The highest BCUT2D eigenvalue weighted by Gasteiger charge is 2.21. The molecule has 0 radical (unpaired) electrons. The van der Waals surface area contributed by atoms with E-state index in [2.05, 4.69) is 12.2 Å². The van der Waals surface area contributed by atoms with Gasteiger partial charge in [0, 0.05) is 12.8 Å². The van der Waals surface area contributed by atoms with Crippen LogP contribution >= 0.6 is 0 Å². The topological polar surface area (TPSA) is 92.4 Å². The van der Waals surface area contributed by atoms with Crippen LogP contribution in [0.4, 0.5) is 0 Å². The first-order valence-corrected chi connectivity index (χ1v) is 8.19.